The van der Waals surface area contributed by atoms with Crippen molar-refractivity contribution in [2.45, 2.75) is 33.2 Å². The minimum atomic E-state index is -2.13. The fraction of sp³-hybridized carbons (Fsp3) is 0.316. The second kappa shape index (κ2) is 10.2. The van der Waals surface area contributed by atoms with E-state index in [-0.39, 0.29) is 0 Å². The number of benzene rings is 2. The Morgan fingerprint density at radius 1 is 1.30 bits per heavy atom. The molecule has 0 heterocycles. The lowest BCUT2D eigenvalue weighted by Gasteiger charge is -2.22. The summed E-state index contributed by atoms with van der Waals surface area (Å²) >= 11 is 4.97. The molecule has 0 saturated carbocycles. The molecule has 0 bridgehead atoms. The monoisotopic (exact) mass is 425 g/mol. The van der Waals surface area contributed by atoms with Gasteiger partial charge in [-0.1, -0.05) is 49.7 Å². The Morgan fingerprint density at radius 3 is 2.63 bits per heavy atom. The summed E-state index contributed by atoms with van der Waals surface area (Å²) in [5.74, 6) is 0.340. The third-order valence-electron chi connectivity index (χ3n) is 3.89. The van der Waals surface area contributed by atoms with Crippen LogP contribution < -0.4 is 0 Å². The zero-order valence-corrected chi connectivity index (χ0v) is 18.2. The van der Waals surface area contributed by atoms with Gasteiger partial charge in [0.15, 0.2) is 0 Å². The lowest BCUT2D eigenvalue weighted by molar-refractivity contribution is 0.504. The summed E-state index contributed by atoms with van der Waals surface area (Å²) in [7, 11) is 1.79. The number of hydrogen-bond donors (Lipinski definition) is 1. The van der Waals surface area contributed by atoms with Crippen LogP contribution >= 0.6 is 23.7 Å². The topological polar surface area (TPSA) is 56.1 Å². The Labute approximate surface area is 173 Å². The Bertz CT molecular complexity index is 830. The van der Waals surface area contributed by atoms with Crippen LogP contribution in [-0.4, -0.2) is 30.2 Å². The van der Waals surface area contributed by atoms with Crippen molar-refractivity contribution in [3.8, 4) is 0 Å². The molecule has 2 aromatic rings. The van der Waals surface area contributed by atoms with Gasteiger partial charge < -0.3 is 0 Å². The zero-order valence-electron chi connectivity index (χ0n) is 15.8. The Kier molecular flexibility index (Phi) is 8.31. The number of aliphatic imine (C=N–C) groups is 1. The van der Waals surface area contributed by atoms with E-state index in [1.165, 1.54) is 9.27 Å². The number of hydrogen-bond acceptors (Lipinski definition) is 3. The van der Waals surface area contributed by atoms with Crippen molar-refractivity contribution in [1.29, 1.82) is 0 Å². The normalized spacial score (nSPS) is 12.9. The van der Waals surface area contributed by atoms with E-state index in [1.54, 1.807) is 23.8 Å². The predicted octanol–water partition coefficient (Wildman–Crippen LogP) is 5.57. The molecule has 2 aromatic carbocycles. The third kappa shape index (κ3) is 6.62. The molecule has 1 N–H and O–H groups in total. The minimum Gasteiger partial charge on any atom is -0.296 e. The van der Waals surface area contributed by atoms with Crippen molar-refractivity contribution in [2.75, 3.05) is 7.05 Å². The number of aryl methyl sites for hydroxylation is 1. The lowest BCUT2D eigenvalue weighted by Crippen LogP contribution is -2.24. The molecule has 27 heavy (non-hydrogen) atoms. The molecule has 146 valence electrons. The highest BCUT2D eigenvalue weighted by atomic mass is 35.5. The third-order valence-corrected chi connectivity index (χ3v) is 5.85. The van der Waals surface area contributed by atoms with Gasteiger partial charge in [-0.2, -0.15) is 0 Å². The van der Waals surface area contributed by atoms with Gasteiger partial charge in [0.1, 0.15) is 6.34 Å². The first-order valence-corrected chi connectivity index (χ1v) is 10.6. The summed E-state index contributed by atoms with van der Waals surface area (Å²) in [4.78, 5) is 4.43. The SMILES string of the molecule is Cc1cc(Cl)ccc1N=CN(C)SN(Cc1ccccc1C(C)C)S(=O)O. The number of halogens is 1. The molecule has 2 rings (SSSR count). The summed E-state index contributed by atoms with van der Waals surface area (Å²) in [5.41, 5.74) is 3.96. The maximum absolute atomic E-state index is 11.8. The maximum atomic E-state index is 11.8. The summed E-state index contributed by atoms with van der Waals surface area (Å²) in [6, 6.07) is 13.4. The average Bonchev–Trinajstić information content (AvgIpc) is 2.60. The molecule has 0 aromatic heterocycles. The van der Waals surface area contributed by atoms with Crippen LogP contribution in [0.5, 0.6) is 0 Å². The first-order valence-electron chi connectivity index (χ1n) is 8.45. The van der Waals surface area contributed by atoms with Gasteiger partial charge in [-0.15, -0.1) is 3.71 Å². The lowest BCUT2D eigenvalue weighted by atomic mass is 9.97. The van der Waals surface area contributed by atoms with Gasteiger partial charge in [0.2, 0.25) is 11.3 Å². The fourth-order valence-electron chi connectivity index (χ4n) is 2.57. The maximum Gasteiger partial charge on any atom is 0.246 e. The second-order valence-corrected chi connectivity index (χ2v) is 9.13. The predicted molar refractivity (Wildman–Crippen MR) is 117 cm³/mol. The summed E-state index contributed by atoms with van der Waals surface area (Å²) in [6.45, 7) is 6.50. The van der Waals surface area contributed by atoms with E-state index >= 15 is 0 Å². The molecule has 0 fully saturated rings. The molecule has 0 aliphatic rings. The van der Waals surface area contributed by atoms with Crippen molar-refractivity contribution in [1.82, 2.24) is 8.02 Å². The van der Waals surface area contributed by atoms with Crippen molar-refractivity contribution < 1.29 is 8.76 Å². The Hall–Kier alpha value is -1.38. The second-order valence-electron chi connectivity index (χ2n) is 6.38. The van der Waals surface area contributed by atoms with E-state index in [0.717, 1.165) is 28.9 Å². The average molecular weight is 426 g/mol. The van der Waals surface area contributed by atoms with Crippen LogP contribution in [0.2, 0.25) is 5.02 Å². The highest BCUT2D eigenvalue weighted by Crippen LogP contribution is 2.26. The molecule has 0 spiro atoms. The Balaban J connectivity index is 2.09. The standard InChI is InChI=1S/C19H24ClN3O2S2/c1-14(2)18-8-6-5-7-16(18)12-23(27(24)25)26-22(4)13-21-19-10-9-17(20)11-15(19)3/h5-11,13-14H,12H2,1-4H3,(H,24,25). The van der Waals surface area contributed by atoms with Crippen molar-refractivity contribution in [2.24, 2.45) is 4.99 Å². The molecule has 0 amide bonds. The van der Waals surface area contributed by atoms with E-state index < -0.39 is 11.3 Å². The minimum absolute atomic E-state index is 0.340. The molecule has 0 aliphatic carbocycles. The van der Waals surface area contributed by atoms with Gasteiger partial charge in [-0.05, 0) is 47.7 Å². The van der Waals surface area contributed by atoms with Gasteiger partial charge in [0.05, 0.1) is 24.4 Å². The van der Waals surface area contributed by atoms with Crippen molar-refractivity contribution in [3.63, 3.8) is 0 Å². The molecule has 0 radical (unpaired) electrons. The Morgan fingerprint density at radius 2 is 2.00 bits per heavy atom. The molecule has 0 saturated heterocycles. The van der Waals surface area contributed by atoms with Gasteiger partial charge >= 0.3 is 0 Å². The van der Waals surface area contributed by atoms with E-state index in [4.69, 9.17) is 11.6 Å². The van der Waals surface area contributed by atoms with Gasteiger partial charge in [0.25, 0.3) is 0 Å². The number of rotatable bonds is 8. The molecule has 5 nitrogen and oxygen atoms in total. The van der Waals surface area contributed by atoms with E-state index in [2.05, 4.69) is 24.9 Å². The summed E-state index contributed by atoms with van der Waals surface area (Å²) in [5, 5.41) is 0.667. The van der Waals surface area contributed by atoms with Crippen LogP contribution in [0.3, 0.4) is 0 Å². The smallest absolute Gasteiger partial charge is 0.246 e. The van der Waals surface area contributed by atoms with Crippen LogP contribution in [0.25, 0.3) is 0 Å². The van der Waals surface area contributed by atoms with Crippen molar-refractivity contribution >= 4 is 47.0 Å². The number of nitrogens with zero attached hydrogens (tertiary/aromatic N) is 3. The molecule has 0 aliphatic heterocycles. The van der Waals surface area contributed by atoms with Crippen LogP contribution in [-0.2, 0) is 17.8 Å². The molecular formula is C19H24ClN3O2S2. The van der Waals surface area contributed by atoms with Gasteiger partial charge in [0, 0.05) is 12.1 Å². The molecular weight excluding hydrogens is 402 g/mol. The zero-order chi connectivity index (χ0) is 20.0. The quantitative estimate of drug-likeness (QED) is 0.260. The summed E-state index contributed by atoms with van der Waals surface area (Å²) in [6.07, 6.45) is 1.62. The summed E-state index contributed by atoms with van der Waals surface area (Å²) < 4.78 is 24.6. The largest absolute Gasteiger partial charge is 0.296 e. The van der Waals surface area contributed by atoms with Crippen LogP contribution in [0.4, 0.5) is 5.69 Å². The van der Waals surface area contributed by atoms with Gasteiger partial charge in [-0.25, -0.2) is 9.20 Å². The van der Waals surface area contributed by atoms with Crippen LogP contribution in [0.15, 0.2) is 47.5 Å². The van der Waals surface area contributed by atoms with Gasteiger partial charge in [-0.3, -0.25) is 8.86 Å². The molecule has 1 unspecified atom stereocenters. The van der Waals surface area contributed by atoms with Crippen molar-refractivity contribution in [3.05, 3.63) is 64.2 Å². The van der Waals surface area contributed by atoms with Crippen LogP contribution in [0.1, 0.15) is 36.5 Å². The highest BCUT2D eigenvalue weighted by molar-refractivity contribution is 8.03. The molecule has 8 heteroatoms. The first-order chi connectivity index (χ1) is 12.8. The van der Waals surface area contributed by atoms with E-state index in [0.29, 0.717) is 17.5 Å². The first kappa shape index (κ1) is 21.9. The van der Waals surface area contributed by atoms with E-state index in [1.807, 2.05) is 37.3 Å². The fourth-order valence-corrected chi connectivity index (χ4v) is 4.16. The molecule has 1 atom stereocenters. The van der Waals surface area contributed by atoms with Crippen LogP contribution in [0, 0.1) is 6.92 Å². The highest BCUT2D eigenvalue weighted by Gasteiger charge is 2.17. The van der Waals surface area contributed by atoms with E-state index in [9.17, 15) is 8.76 Å².